The van der Waals surface area contributed by atoms with E-state index in [0.717, 1.165) is 6.54 Å². The van der Waals surface area contributed by atoms with Crippen molar-refractivity contribution in [3.8, 4) is 11.4 Å². The monoisotopic (exact) mass is 428 g/mol. The van der Waals surface area contributed by atoms with Crippen LogP contribution in [0, 0.1) is 20.8 Å². The van der Waals surface area contributed by atoms with Crippen molar-refractivity contribution < 1.29 is 21.8 Å². The van der Waals surface area contributed by atoms with E-state index in [-0.39, 0.29) is 0 Å². The van der Waals surface area contributed by atoms with Crippen LogP contribution in [0.3, 0.4) is 0 Å². The van der Waals surface area contributed by atoms with Crippen LogP contribution in [-0.2, 0) is 6.54 Å². The number of hydrogen-bond acceptors (Lipinski definition) is 0. The van der Waals surface area contributed by atoms with Crippen LogP contribution < -0.4 is 4.57 Å². The van der Waals surface area contributed by atoms with E-state index < -0.39 is 7.25 Å². The summed E-state index contributed by atoms with van der Waals surface area (Å²) < 4.78 is 41.4. The molecule has 170 valence electrons. The van der Waals surface area contributed by atoms with Gasteiger partial charge in [0.25, 0.3) is 5.82 Å². The minimum Gasteiger partial charge on any atom is -0.418 e. The molecule has 2 nitrogen and oxygen atoms in total. The van der Waals surface area contributed by atoms with Crippen LogP contribution in [0.4, 0.5) is 17.3 Å². The van der Waals surface area contributed by atoms with Gasteiger partial charge in [-0.3, -0.25) is 0 Å². The number of rotatable bonds is 11. The highest BCUT2D eigenvalue weighted by molar-refractivity contribution is 6.50. The smallest absolute Gasteiger partial charge is 0.418 e. The van der Waals surface area contributed by atoms with E-state index in [1.807, 2.05) is 0 Å². The summed E-state index contributed by atoms with van der Waals surface area (Å²) in [5.41, 5.74) is 5.43. The van der Waals surface area contributed by atoms with Crippen molar-refractivity contribution in [3.05, 3.63) is 41.2 Å². The molecule has 0 amide bonds. The number of benzene rings is 1. The van der Waals surface area contributed by atoms with Gasteiger partial charge in [0.1, 0.15) is 12.4 Å². The number of aromatic nitrogens is 2. The Hall–Kier alpha value is -1.79. The molecule has 0 aliphatic heterocycles. The third-order valence-corrected chi connectivity index (χ3v) is 5.18. The summed E-state index contributed by atoms with van der Waals surface area (Å²) in [6, 6.07) is 4.57. The maximum atomic E-state index is 9.75. The van der Waals surface area contributed by atoms with Crippen LogP contribution >= 0.6 is 0 Å². The van der Waals surface area contributed by atoms with E-state index in [0.29, 0.717) is 0 Å². The van der Waals surface area contributed by atoms with Gasteiger partial charge in [0.05, 0.1) is 12.1 Å². The van der Waals surface area contributed by atoms with Crippen molar-refractivity contribution in [3.63, 3.8) is 0 Å². The van der Waals surface area contributed by atoms with Gasteiger partial charge < -0.3 is 17.3 Å². The van der Waals surface area contributed by atoms with E-state index in [4.69, 9.17) is 0 Å². The Bertz CT molecular complexity index is 712. The first-order chi connectivity index (χ1) is 14.1. The Morgan fingerprint density at radius 3 is 1.77 bits per heavy atom. The van der Waals surface area contributed by atoms with Gasteiger partial charge >= 0.3 is 7.25 Å². The van der Waals surface area contributed by atoms with Gasteiger partial charge in [-0.05, 0) is 44.7 Å². The number of nitrogens with zero attached hydrogens (tertiary/aromatic N) is 1. The fourth-order valence-electron chi connectivity index (χ4n) is 3.91. The normalized spacial score (nSPS) is 11.3. The maximum absolute atomic E-state index is 9.75. The summed E-state index contributed by atoms with van der Waals surface area (Å²) in [4.78, 5) is 3.47. The highest BCUT2D eigenvalue weighted by Gasteiger charge is 2.20. The number of aryl methyl sites for hydroxylation is 4. The standard InChI is InChI=1S/C23H36N2.BF4/c1-5-6-7-8-9-10-11-12-13-15-25-16-14-24-23(25)22-20(3)17-19(2)18-21(22)4;2-1(3,4)5/h14,16-18H,5-13,15H2,1-4H3;/q;-1/p+1. The van der Waals surface area contributed by atoms with Crippen molar-refractivity contribution >= 4 is 7.25 Å². The summed E-state index contributed by atoms with van der Waals surface area (Å²) in [6.07, 6.45) is 16.7. The average Bonchev–Trinajstić information content (AvgIpc) is 3.06. The molecule has 2 aromatic rings. The number of nitrogens with one attached hydrogen (secondary N) is 1. The van der Waals surface area contributed by atoms with Crippen LogP contribution in [0.1, 0.15) is 81.4 Å². The lowest BCUT2D eigenvalue weighted by molar-refractivity contribution is -0.685. The Balaban J connectivity index is 0.000000804. The number of unbranched alkanes of at least 4 members (excludes halogenated alkanes) is 8. The maximum Gasteiger partial charge on any atom is 0.673 e. The quantitative estimate of drug-likeness (QED) is 0.164. The van der Waals surface area contributed by atoms with Gasteiger partial charge in [-0.25, -0.2) is 9.55 Å². The molecule has 30 heavy (non-hydrogen) atoms. The minimum absolute atomic E-state index is 1.11. The molecule has 7 heteroatoms. The Morgan fingerprint density at radius 1 is 0.800 bits per heavy atom. The molecular formula is C23H37BF4N2. The van der Waals surface area contributed by atoms with Crippen LogP contribution in [0.2, 0.25) is 0 Å². The van der Waals surface area contributed by atoms with E-state index in [1.165, 1.54) is 85.9 Å². The van der Waals surface area contributed by atoms with E-state index >= 15 is 0 Å². The van der Waals surface area contributed by atoms with Gasteiger partial charge in [0.15, 0.2) is 0 Å². The van der Waals surface area contributed by atoms with Gasteiger partial charge in [-0.2, -0.15) is 0 Å². The molecular weight excluding hydrogens is 391 g/mol. The first-order valence-electron chi connectivity index (χ1n) is 11.2. The molecule has 1 aromatic carbocycles. The molecule has 0 saturated heterocycles. The van der Waals surface area contributed by atoms with Crippen molar-refractivity contribution in [2.75, 3.05) is 0 Å². The predicted molar refractivity (Wildman–Crippen MR) is 118 cm³/mol. The molecule has 0 atom stereocenters. The second kappa shape index (κ2) is 13.5. The SMILES string of the molecule is CCCCCCCCCCC[n+]1cc[nH]c1-c1c(C)cc(C)cc1C.F[B-](F)(F)F. The van der Waals surface area contributed by atoms with Crippen molar-refractivity contribution in [2.24, 2.45) is 0 Å². The van der Waals surface area contributed by atoms with E-state index in [2.05, 4.69) is 61.8 Å². The molecule has 1 N–H and O–H groups in total. The molecule has 1 heterocycles. The summed E-state index contributed by atoms with van der Waals surface area (Å²) in [7, 11) is -6.00. The molecule has 0 unspecified atom stereocenters. The predicted octanol–water partition coefficient (Wildman–Crippen LogP) is 7.73. The summed E-state index contributed by atoms with van der Waals surface area (Å²) in [6.45, 7) is 10.0. The largest absolute Gasteiger partial charge is 0.673 e. The van der Waals surface area contributed by atoms with Gasteiger partial charge in [0, 0.05) is 0 Å². The lowest BCUT2D eigenvalue weighted by atomic mass is 9.99. The Labute approximate surface area is 179 Å². The lowest BCUT2D eigenvalue weighted by Crippen LogP contribution is -2.34. The zero-order valence-electron chi connectivity index (χ0n) is 18.9. The Kier molecular flexibility index (Phi) is 11.8. The first-order valence-corrected chi connectivity index (χ1v) is 11.2. The van der Waals surface area contributed by atoms with Crippen molar-refractivity contribution in [1.82, 2.24) is 4.98 Å². The third kappa shape index (κ3) is 10.8. The van der Waals surface area contributed by atoms with Gasteiger partial charge in [-0.1, -0.05) is 69.6 Å². The molecule has 0 spiro atoms. The molecule has 2 rings (SSSR count). The fraction of sp³-hybridized carbons (Fsp3) is 0.609. The van der Waals surface area contributed by atoms with Crippen LogP contribution in [0.5, 0.6) is 0 Å². The molecule has 0 fully saturated rings. The summed E-state index contributed by atoms with van der Waals surface area (Å²) in [5, 5.41) is 0. The zero-order valence-corrected chi connectivity index (χ0v) is 18.9. The van der Waals surface area contributed by atoms with E-state index in [9.17, 15) is 17.3 Å². The van der Waals surface area contributed by atoms with Crippen LogP contribution in [0.15, 0.2) is 24.5 Å². The summed E-state index contributed by atoms with van der Waals surface area (Å²) >= 11 is 0. The molecule has 0 radical (unpaired) electrons. The topological polar surface area (TPSA) is 19.7 Å². The lowest BCUT2D eigenvalue weighted by Gasteiger charge is -2.09. The number of H-pyrrole nitrogens is 1. The molecule has 0 bridgehead atoms. The number of hydrogen-bond donors (Lipinski definition) is 1. The van der Waals surface area contributed by atoms with Crippen LogP contribution in [-0.4, -0.2) is 12.2 Å². The molecule has 0 aliphatic rings. The molecule has 0 saturated carbocycles. The van der Waals surface area contributed by atoms with E-state index in [1.54, 1.807) is 0 Å². The second-order valence-electron chi connectivity index (χ2n) is 8.10. The second-order valence-corrected chi connectivity index (χ2v) is 8.10. The van der Waals surface area contributed by atoms with Crippen molar-refractivity contribution in [1.29, 1.82) is 0 Å². The van der Waals surface area contributed by atoms with Crippen LogP contribution in [0.25, 0.3) is 11.4 Å². The number of aromatic amines is 1. The first kappa shape index (κ1) is 26.3. The molecule has 0 aliphatic carbocycles. The molecule has 1 aromatic heterocycles. The van der Waals surface area contributed by atoms with Crippen molar-refractivity contribution in [2.45, 2.75) is 92.0 Å². The summed E-state index contributed by atoms with van der Waals surface area (Å²) in [5.74, 6) is 1.26. The third-order valence-electron chi connectivity index (χ3n) is 5.18. The highest BCUT2D eigenvalue weighted by Crippen LogP contribution is 2.24. The number of imidazole rings is 1. The number of halogens is 4. The van der Waals surface area contributed by atoms with Gasteiger partial charge in [-0.15, -0.1) is 0 Å². The zero-order chi connectivity index (χ0) is 22.6. The fourth-order valence-corrected chi connectivity index (χ4v) is 3.91. The highest BCUT2D eigenvalue weighted by atomic mass is 19.5. The minimum atomic E-state index is -6.00. The average molecular weight is 428 g/mol. The van der Waals surface area contributed by atoms with Gasteiger partial charge in [0.2, 0.25) is 0 Å². The Morgan fingerprint density at radius 2 is 1.27 bits per heavy atom.